The van der Waals surface area contributed by atoms with Gasteiger partial charge in [-0.25, -0.2) is 9.97 Å². The van der Waals surface area contributed by atoms with Crippen LogP contribution in [0.25, 0.3) is 0 Å². The second-order valence-electron chi connectivity index (χ2n) is 5.41. The second kappa shape index (κ2) is 8.77. The molecule has 0 radical (unpaired) electrons. The van der Waals surface area contributed by atoms with E-state index in [1.54, 1.807) is 0 Å². The predicted molar refractivity (Wildman–Crippen MR) is 87.6 cm³/mol. The Kier molecular flexibility index (Phi) is 7.34. The molecule has 114 valence electrons. The molecule has 0 amide bonds. The molecule has 1 heterocycles. The number of aromatic nitrogens is 2. The molecule has 0 aliphatic heterocycles. The van der Waals surface area contributed by atoms with Crippen LogP contribution >= 0.6 is 0 Å². The molecule has 20 heavy (non-hydrogen) atoms. The van der Waals surface area contributed by atoms with Crippen molar-refractivity contribution < 1.29 is 0 Å². The van der Waals surface area contributed by atoms with Crippen molar-refractivity contribution in [3.05, 3.63) is 11.9 Å². The first-order valence-corrected chi connectivity index (χ1v) is 8.00. The maximum Gasteiger partial charge on any atom is 0.134 e. The molecule has 1 rings (SSSR count). The van der Waals surface area contributed by atoms with Crippen molar-refractivity contribution in [3.63, 3.8) is 0 Å². The van der Waals surface area contributed by atoms with E-state index in [0.29, 0.717) is 6.04 Å². The van der Waals surface area contributed by atoms with Crippen LogP contribution in [0.3, 0.4) is 0 Å². The highest BCUT2D eigenvalue weighted by molar-refractivity contribution is 5.50. The molecule has 0 aliphatic carbocycles. The fraction of sp³-hybridized carbons (Fsp3) is 0.750. The molecule has 4 heteroatoms. The molecule has 4 nitrogen and oxygen atoms in total. The minimum atomic E-state index is 0.459. The molecule has 0 saturated heterocycles. The Balaban J connectivity index is 2.95. The lowest BCUT2D eigenvalue weighted by Gasteiger charge is -2.28. The van der Waals surface area contributed by atoms with E-state index in [-0.39, 0.29) is 0 Å². The fourth-order valence-electron chi connectivity index (χ4n) is 2.23. The predicted octanol–water partition coefficient (Wildman–Crippen LogP) is 3.88. The minimum absolute atomic E-state index is 0.459. The summed E-state index contributed by atoms with van der Waals surface area (Å²) >= 11 is 0. The molecule has 0 saturated carbocycles. The summed E-state index contributed by atoms with van der Waals surface area (Å²) in [4.78, 5) is 11.6. The third kappa shape index (κ3) is 4.99. The highest BCUT2D eigenvalue weighted by Gasteiger charge is 2.14. The van der Waals surface area contributed by atoms with E-state index < -0.39 is 0 Å². The SMILES string of the molecule is CCCCCN(c1cc(NCC)nc(CC)n1)C(C)C. The van der Waals surface area contributed by atoms with Crippen molar-refractivity contribution in [1.29, 1.82) is 0 Å². The molecule has 0 aliphatic rings. The summed E-state index contributed by atoms with van der Waals surface area (Å²) in [6.07, 6.45) is 4.61. The van der Waals surface area contributed by atoms with E-state index in [1.807, 2.05) is 0 Å². The maximum atomic E-state index is 4.71. The van der Waals surface area contributed by atoms with Crippen LogP contribution < -0.4 is 10.2 Å². The van der Waals surface area contributed by atoms with Gasteiger partial charge < -0.3 is 10.2 Å². The van der Waals surface area contributed by atoms with Crippen LogP contribution in [0.1, 0.15) is 59.7 Å². The lowest BCUT2D eigenvalue weighted by Crippen LogP contribution is -2.33. The molecule has 1 N–H and O–H groups in total. The van der Waals surface area contributed by atoms with Gasteiger partial charge in [0, 0.05) is 31.6 Å². The van der Waals surface area contributed by atoms with Crippen LogP contribution in [0.4, 0.5) is 11.6 Å². The summed E-state index contributed by atoms with van der Waals surface area (Å²) in [7, 11) is 0. The second-order valence-corrected chi connectivity index (χ2v) is 5.41. The molecule has 1 aromatic heterocycles. The summed E-state index contributed by atoms with van der Waals surface area (Å²) in [5, 5.41) is 3.31. The zero-order valence-corrected chi connectivity index (χ0v) is 13.7. The van der Waals surface area contributed by atoms with Crippen LogP contribution in [0.5, 0.6) is 0 Å². The highest BCUT2D eigenvalue weighted by atomic mass is 15.2. The van der Waals surface area contributed by atoms with Crippen LogP contribution in [-0.2, 0) is 6.42 Å². The van der Waals surface area contributed by atoms with Crippen LogP contribution in [0.2, 0.25) is 0 Å². The number of anilines is 2. The molecular formula is C16H30N4. The largest absolute Gasteiger partial charge is 0.370 e. The Morgan fingerprint density at radius 3 is 2.45 bits per heavy atom. The van der Waals surface area contributed by atoms with Crippen molar-refractivity contribution in [2.24, 2.45) is 0 Å². The third-order valence-corrected chi connectivity index (χ3v) is 3.35. The molecule has 0 aromatic carbocycles. The van der Waals surface area contributed by atoms with Gasteiger partial charge in [0.05, 0.1) is 0 Å². The van der Waals surface area contributed by atoms with E-state index >= 15 is 0 Å². The molecule has 0 bridgehead atoms. The van der Waals surface area contributed by atoms with E-state index in [1.165, 1.54) is 19.3 Å². The van der Waals surface area contributed by atoms with E-state index in [4.69, 9.17) is 4.98 Å². The number of aryl methyl sites for hydroxylation is 1. The summed E-state index contributed by atoms with van der Waals surface area (Å²) in [6, 6.07) is 2.54. The smallest absolute Gasteiger partial charge is 0.134 e. The van der Waals surface area contributed by atoms with Crippen molar-refractivity contribution in [2.45, 2.75) is 66.3 Å². The summed E-state index contributed by atoms with van der Waals surface area (Å²) in [6.45, 7) is 12.8. The van der Waals surface area contributed by atoms with Gasteiger partial charge >= 0.3 is 0 Å². The summed E-state index contributed by atoms with van der Waals surface area (Å²) in [5.74, 6) is 2.91. The Hall–Kier alpha value is -1.32. The summed E-state index contributed by atoms with van der Waals surface area (Å²) in [5.41, 5.74) is 0. The van der Waals surface area contributed by atoms with Crippen molar-refractivity contribution in [2.75, 3.05) is 23.3 Å². The number of nitrogens with one attached hydrogen (secondary N) is 1. The lowest BCUT2D eigenvalue weighted by atomic mass is 10.2. The van der Waals surface area contributed by atoms with Gasteiger partial charge in [-0.2, -0.15) is 0 Å². The Bertz CT molecular complexity index is 390. The first-order valence-electron chi connectivity index (χ1n) is 8.00. The Morgan fingerprint density at radius 2 is 1.90 bits per heavy atom. The quantitative estimate of drug-likeness (QED) is 0.696. The molecular weight excluding hydrogens is 248 g/mol. The van der Waals surface area contributed by atoms with Gasteiger partial charge in [-0.05, 0) is 27.2 Å². The first kappa shape index (κ1) is 16.7. The molecule has 0 fully saturated rings. The number of nitrogens with zero attached hydrogens (tertiary/aromatic N) is 3. The van der Waals surface area contributed by atoms with Gasteiger partial charge in [0.1, 0.15) is 17.5 Å². The van der Waals surface area contributed by atoms with Gasteiger partial charge in [0.25, 0.3) is 0 Å². The van der Waals surface area contributed by atoms with Crippen LogP contribution in [0.15, 0.2) is 6.07 Å². The topological polar surface area (TPSA) is 41.0 Å². The number of unbranched alkanes of at least 4 members (excludes halogenated alkanes) is 2. The average molecular weight is 278 g/mol. The zero-order valence-electron chi connectivity index (χ0n) is 13.7. The standard InChI is InChI=1S/C16H30N4/c1-6-9-10-11-20(13(4)5)16-12-15(17-8-3)18-14(7-2)19-16/h12-13H,6-11H2,1-5H3,(H,17,18,19). The zero-order chi connectivity index (χ0) is 15.0. The third-order valence-electron chi connectivity index (χ3n) is 3.35. The molecule has 0 atom stereocenters. The van der Waals surface area contributed by atoms with Gasteiger partial charge in [-0.1, -0.05) is 26.7 Å². The van der Waals surface area contributed by atoms with Crippen molar-refractivity contribution >= 4 is 11.6 Å². The fourth-order valence-corrected chi connectivity index (χ4v) is 2.23. The Labute approximate surface area is 124 Å². The Morgan fingerprint density at radius 1 is 1.15 bits per heavy atom. The van der Waals surface area contributed by atoms with Crippen LogP contribution in [-0.4, -0.2) is 29.1 Å². The van der Waals surface area contributed by atoms with Gasteiger partial charge in [0.2, 0.25) is 0 Å². The number of hydrogen-bond acceptors (Lipinski definition) is 4. The summed E-state index contributed by atoms with van der Waals surface area (Å²) < 4.78 is 0. The normalized spacial score (nSPS) is 10.9. The van der Waals surface area contributed by atoms with Crippen LogP contribution in [0, 0.1) is 0 Å². The number of hydrogen-bond donors (Lipinski definition) is 1. The van der Waals surface area contributed by atoms with Gasteiger partial charge in [-0.15, -0.1) is 0 Å². The van der Waals surface area contributed by atoms with Gasteiger partial charge in [0.15, 0.2) is 0 Å². The lowest BCUT2D eigenvalue weighted by molar-refractivity contribution is 0.617. The minimum Gasteiger partial charge on any atom is -0.370 e. The van der Waals surface area contributed by atoms with E-state index in [9.17, 15) is 0 Å². The van der Waals surface area contributed by atoms with E-state index in [2.05, 4.69) is 55.9 Å². The average Bonchev–Trinajstić information content (AvgIpc) is 2.43. The van der Waals surface area contributed by atoms with Gasteiger partial charge in [-0.3, -0.25) is 0 Å². The molecule has 0 spiro atoms. The van der Waals surface area contributed by atoms with Crippen molar-refractivity contribution in [3.8, 4) is 0 Å². The maximum absolute atomic E-state index is 4.71. The highest BCUT2D eigenvalue weighted by Crippen LogP contribution is 2.19. The number of rotatable bonds is 9. The first-order chi connectivity index (χ1) is 9.62. The molecule has 0 unspecified atom stereocenters. The van der Waals surface area contributed by atoms with Crippen molar-refractivity contribution in [1.82, 2.24) is 9.97 Å². The van der Waals surface area contributed by atoms with E-state index in [0.717, 1.165) is 37.0 Å². The molecule has 1 aromatic rings. The monoisotopic (exact) mass is 278 g/mol.